The molecule has 1 aromatic carbocycles. The molecule has 1 saturated heterocycles. The predicted molar refractivity (Wildman–Crippen MR) is 131 cm³/mol. The number of carbonyl (C=O) groups excluding carboxylic acids is 1. The van der Waals surface area contributed by atoms with Crippen LogP contribution in [0.3, 0.4) is 0 Å². The number of halogens is 2. The Hall–Kier alpha value is -3.82. The summed E-state index contributed by atoms with van der Waals surface area (Å²) in [6, 6.07) is 9.00. The van der Waals surface area contributed by atoms with Gasteiger partial charge in [-0.25, -0.2) is 18.6 Å². The lowest BCUT2D eigenvalue weighted by Gasteiger charge is -2.26. The van der Waals surface area contributed by atoms with Crippen molar-refractivity contribution in [3.05, 3.63) is 57.4 Å². The molecule has 0 aliphatic carbocycles. The molecular weight excluding hydrogens is 472 g/mol. The van der Waals surface area contributed by atoms with Crippen LogP contribution in [0.1, 0.15) is 47.8 Å². The Morgan fingerprint density at radius 2 is 1.97 bits per heavy atom. The SMILES string of the molecule is CCOC(=O)c1c(-c2cc3ccccc3nc2N2CCCC(F)(F)CC2)[nH]c(C)c(CC(=O)O)c1=O. The highest BCUT2D eigenvalue weighted by Crippen LogP contribution is 2.36. The lowest BCUT2D eigenvalue weighted by molar-refractivity contribution is -0.136. The summed E-state index contributed by atoms with van der Waals surface area (Å²) in [4.78, 5) is 47.3. The molecule has 1 aliphatic rings. The zero-order valence-corrected chi connectivity index (χ0v) is 20.1. The van der Waals surface area contributed by atoms with Crippen molar-refractivity contribution in [1.29, 1.82) is 0 Å². The van der Waals surface area contributed by atoms with E-state index in [2.05, 4.69) is 4.98 Å². The van der Waals surface area contributed by atoms with Gasteiger partial charge in [-0.2, -0.15) is 0 Å². The van der Waals surface area contributed by atoms with E-state index < -0.39 is 29.7 Å². The molecule has 0 atom stereocenters. The molecule has 190 valence electrons. The van der Waals surface area contributed by atoms with E-state index in [1.54, 1.807) is 30.9 Å². The zero-order chi connectivity index (χ0) is 26.0. The highest BCUT2D eigenvalue weighted by atomic mass is 19.3. The molecule has 8 nitrogen and oxygen atoms in total. The van der Waals surface area contributed by atoms with Crippen molar-refractivity contribution in [2.75, 3.05) is 24.6 Å². The van der Waals surface area contributed by atoms with E-state index in [1.807, 2.05) is 18.2 Å². The Labute approximate surface area is 205 Å². The van der Waals surface area contributed by atoms with E-state index in [0.29, 0.717) is 23.4 Å². The van der Waals surface area contributed by atoms with Crippen LogP contribution in [-0.2, 0) is 16.0 Å². The lowest BCUT2D eigenvalue weighted by Crippen LogP contribution is -2.29. The number of carboxylic acids is 1. The number of rotatable bonds is 6. The molecular formula is C26H27F2N3O5. The van der Waals surface area contributed by atoms with E-state index >= 15 is 0 Å². The number of fused-ring (bicyclic) bond motifs is 1. The highest BCUT2D eigenvalue weighted by Gasteiger charge is 2.34. The molecule has 0 unspecified atom stereocenters. The number of hydrogen-bond donors (Lipinski definition) is 2. The highest BCUT2D eigenvalue weighted by molar-refractivity contribution is 6.00. The van der Waals surface area contributed by atoms with Crippen molar-refractivity contribution in [1.82, 2.24) is 9.97 Å². The van der Waals surface area contributed by atoms with Crippen molar-refractivity contribution >= 4 is 28.7 Å². The molecule has 36 heavy (non-hydrogen) atoms. The first-order valence-electron chi connectivity index (χ1n) is 11.8. The Morgan fingerprint density at radius 3 is 2.69 bits per heavy atom. The number of hydrogen-bond acceptors (Lipinski definition) is 6. The van der Waals surface area contributed by atoms with Gasteiger partial charge in [-0.15, -0.1) is 0 Å². The van der Waals surface area contributed by atoms with Gasteiger partial charge in [0, 0.05) is 48.1 Å². The smallest absolute Gasteiger partial charge is 0.344 e. The molecule has 10 heteroatoms. The first kappa shape index (κ1) is 25.3. The molecule has 0 radical (unpaired) electrons. The van der Waals surface area contributed by atoms with E-state index in [4.69, 9.17) is 9.72 Å². The quantitative estimate of drug-likeness (QED) is 0.486. The van der Waals surface area contributed by atoms with Crippen LogP contribution in [0, 0.1) is 6.92 Å². The maximum absolute atomic E-state index is 14.1. The molecule has 0 bridgehead atoms. The first-order chi connectivity index (χ1) is 17.1. The van der Waals surface area contributed by atoms with Crippen LogP contribution >= 0.6 is 0 Å². The second-order valence-electron chi connectivity index (χ2n) is 8.85. The average molecular weight is 500 g/mol. The van der Waals surface area contributed by atoms with Gasteiger partial charge in [0.2, 0.25) is 11.4 Å². The molecule has 3 heterocycles. The fourth-order valence-electron chi connectivity index (χ4n) is 4.53. The number of aliphatic carboxylic acids is 1. The molecule has 1 fully saturated rings. The van der Waals surface area contributed by atoms with Gasteiger partial charge in [0.25, 0.3) is 0 Å². The molecule has 0 amide bonds. The number of anilines is 1. The van der Waals surface area contributed by atoms with Crippen molar-refractivity contribution in [3.8, 4) is 11.3 Å². The monoisotopic (exact) mass is 499 g/mol. The molecule has 3 aromatic rings. The fourth-order valence-corrected chi connectivity index (χ4v) is 4.53. The van der Waals surface area contributed by atoms with Crippen LogP contribution in [0.5, 0.6) is 0 Å². The van der Waals surface area contributed by atoms with Crippen LogP contribution in [-0.4, -0.2) is 52.6 Å². The minimum Gasteiger partial charge on any atom is -0.481 e. The van der Waals surface area contributed by atoms with Crippen LogP contribution in [0.15, 0.2) is 35.1 Å². The van der Waals surface area contributed by atoms with E-state index in [0.717, 1.165) is 5.39 Å². The van der Waals surface area contributed by atoms with Gasteiger partial charge in [0.05, 0.1) is 24.2 Å². The van der Waals surface area contributed by atoms with Gasteiger partial charge >= 0.3 is 11.9 Å². The summed E-state index contributed by atoms with van der Waals surface area (Å²) in [6.45, 7) is 3.52. The van der Waals surface area contributed by atoms with E-state index in [9.17, 15) is 28.3 Å². The first-order valence-corrected chi connectivity index (χ1v) is 11.8. The van der Waals surface area contributed by atoms with Gasteiger partial charge in [0.1, 0.15) is 11.4 Å². The molecule has 0 spiro atoms. The number of alkyl halides is 2. The lowest BCUT2D eigenvalue weighted by atomic mass is 9.98. The molecule has 0 saturated carbocycles. The molecule has 2 aromatic heterocycles. The third kappa shape index (κ3) is 5.07. The standard InChI is InChI=1S/C26H27F2N3O5/c1-3-36-25(35)21-22(29-15(2)17(23(21)34)14-20(32)33)18-13-16-7-4-5-8-19(16)30-24(18)31-11-6-9-26(27,28)10-12-31/h4-5,7-8,13H,3,6,9-12,14H2,1-2H3,(H,29,34)(H,32,33). The maximum Gasteiger partial charge on any atom is 0.344 e. The van der Waals surface area contributed by atoms with Crippen molar-refractivity contribution in [2.24, 2.45) is 0 Å². The van der Waals surface area contributed by atoms with Crippen molar-refractivity contribution < 1.29 is 28.2 Å². The third-order valence-electron chi connectivity index (χ3n) is 6.31. The summed E-state index contributed by atoms with van der Waals surface area (Å²) < 4.78 is 33.4. The number of nitrogens with zero attached hydrogens (tertiary/aromatic N) is 2. The number of benzene rings is 1. The second kappa shape index (κ2) is 10.0. The Kier molecular flexibility index (Phi) is 7.05. The van der Waals surface area contributed by atoms with Gasteiger partial charge in [0.15, 0.2) is 0 Å². The maximum atomic E-state index is 14.1. The Morgan fingerprint density at radius 1 is 1.22 bits per heavy atom. The van der Waals surface area contributed by atoms with Gasteiger partial charge in [-0.3, -0.25) is 9.59 Å². The topological polar surface area (TPSA) is 113 Å². The number of carboxylic acid groups (broad SMARTS) is 1. The summed E-state index contributed by atoms with van der Waals surface area (Å²) in [5.74, 6) is -4.55. The van der Waals surface area contributed by atoms with Crippen molar-refractivity contribution in [3.63, 3.8) is 0 Å². The zero-order valence-electron chi connectivity index (χ0n) is 20.1. The van der Waals surface area contributed by atoms with Gasteiger partial charge < -0.3 is 19.7 Å². The Balaban J connectivity index is 2.00. The third-order valence-corrected chi connectivity index (χ3v) is 6.31. The minimum absolute atomic E-state index is 0.00386. The average Bonchev–Trinajstić information content (AvgIpc) is 3.00. The number of esters is 1. The minimum atomic E-state index is -2.79. The summed E-state index contributed by atoms with van der Waals surface area (Å²) in [6.07, 6.45) is -0.907. The number of H-pyrrole nitrogens is 1. The van der Waals surface area contributed by atoms with Crippen LogP contribution in [0.2, 0.25) is 0 Å². The number of aryl methyl sites for hydroxylation is 1. The summed E-state index contributed by atoms with van der Waals surface area (Å²) in [7, 11) is 0. The van der Waals surface area contributed by atoms with Crippen LogP contribution in [0.25, 0.3) is 22.2 Å². The van der Waals surface area contributed by atoms with Gasteiger partial charge in [-0.1, -0.05) is 18.2 Å². The molecule has 1 aliphatic heterocycles. The van der Waals surface area contributed by atoms with Crippen LogP contribution in [0.4, 0.5) is 14.6 Å². The Bertz CT molecular complexity index is 1390. The predicted octanol–water partition coefficient (Wildman–Crippen LogP) is 4.33. The molecule has 2 N–H and O–H groups in total. The number of ether oxygens (including phenoxy) is 1. The summed E-state index contributed by atoms with van der Waals surface area (Å²) >= 11 is 0. The van der Waals surface area contributed by atoms with Crippen LogP contribution < -0.4 is 10.3 Å². The fraction of sp³-hybridized carbons (Fsp3) is 0.385. The van der Waals surface area contributed by atoms with Gasteiger partial charge in [-0.05, 0) is 32.4 Å². The number of aromatic amines is 1. The van der Waals surface area contributed by atoms with E-state index in [1.165, 1.54) is 0 Å². The number of pyridine rings is 2. The number of nitrogens with one attached hydrogen (secondary N) is 1. The number of aromatic nitrogens is 2. The van der Waals surface area contributed by atoms with Crippen molar-refractivity contribution in [2.45, 2.75) is 45.5 Å². The van der Waals surface area contributed by atoms with E-state index in [-0.39, 0.29) is 54.9 Å². The molecule has 4 rings (SSSR count). The number of carbonyl (C=O) groups is 2. The second-order valence-corrected chi connectivity index (χ2v) is 8.85. The normalized spacial score (nSPS) is 15.5. The summed E-state index contributed by atoms with van der Waals surface area (Å²) in [5.41, 5.74) is 0.275. The summed E-state index contributed by atoms with van der Waals surface area (Å²) in [5, 5.41) is 10.0. The largest absolute Gasteiger partial charge is 0.481 e. The number of para-hydroxylation sites is 1.